The maximum atomic E-state index is 11.1. The normalized spacial score (nSPS) is 12.3. The van der Waals surface area contributed by atoms with Crippen LogP contribution in [0.5, 0.6) is 5.88 Å². The number of nitrogens with two attached hydrogens (primary N) is 4. The highest BCUT2D eigenvalue weighted by Gasteiger charge is 2.15. The van der Waals surface area contributed by atoms with Crippen LogP contribution in [0.25, 0.3) is 0 Å². The molecule has 17 heavy (non-hydrogen) atoms. The van der Waals surface area contributed by atoms with Gasteiger partial charge in [0, 0.05) is 11.8 Å². The minimum Gasteiger partial charge on any atom is -0.404 e. The van der Waals surface area contributed by atoms with Gasteiger partial charge in [-0.2, -0.15) is 4.98 Å². The number of rotatable bonds is 4. The van der Waals surface area contributed by atoms with Crippen molar-refractivity contribution in [2.45, 2.75) is 6.92 Å². The molecule has 0 amide bonds. The van der Waals surface area contributed by atoms with Crippen LogP contribution in [0.1, 0.15) is 5.69 Å². The maximum Gasteiger partial charge on any atom is 0.386 e. The lowest BCUT2D eigenvalue weighted by atomic mass is 10.4. The van der Waals surface area contributed by atoms with E-state index in [9.17, 15) is 9.13 Å². The molecule has 0 unspecified atom stereocenters. The third-order valence-electron chi connectivity index (χ3n) is 1.34. The Morgan fingerprint density at radius 1 is 1.24 bits per heavy atom. The summed E-state index contributed by atoms with van der Waals surface area (Å²) < 4.78 is 26.8. The molecule has 0 radical (unpaired) electrons. The van der Waals surface area contributed by atoms with Gasteiger partial charge in [0.15, 0.2) is 0 Å². The molecule has 0 aromatic carbocycles. The lowest BCUT2D eigenvalue weighted by Gasteiger charge is -2.12. The average Bonchev–Trinajstić information content (AvgIpc) is 1.93. The van der Waals surface area contributed by atoms with Crippen molar-refractivity contribution in [3.63, 3.8) is 0 Å². The Hall–Kier alpha value is -1.02. The molecule has 0 saturated heterocycles. The lowest BCUT2D eigenvalue weighted by molar-refractivity contribution is 0.474. The van der Waals surface area contributed by atoms with E-state index in [0.717, 1.165) is 0 Å². The second kappa shape index (κ2) is 4.69. The molecule has 0 bridgehead atoms. The van der Waals surface area contributed by atoms with Crippen molar-refractivity contribution in [3.05, 3.63) is 11.8 Å². The molecule has 0 atom stereocenters. The first-order valence-electron chi connectivity index (χ1n) is 4.23. The minimum atomic E-state index is -3.73. The average molecular weight is 281 g/mol. The summed E-state index contributed by atoms with van der Waals surface area (Å²) in [6, 6.07) is 1.34. The molecular formula is C5H13N7O3P2. The molecule has 1 rings (SSSR count). The summed E-state index contributed by atoms with van der Waals surface area (Å²) in [5.41, 5.74) is 20.7. The van der Waals surface area contributed by atoms with E-state index >= 15 is 0 Å². The molecule has 9 N–H and O–H groups in total. The summed E-state index contributed by atoms with van der Waals surface area (Å²) >= 11 is 0. The Labute approximate surface area is 97.2 Å². The van der Waals surface area contributed by atoms with Crippen LogP contribution in [-0.4, -0.2) is 9.97 Å². The largest absolute Gasteiger partial charge is 0.404 e. The van der Waals surface area contributed by atoms with E-state index in [2.05, 4.69) is 19.6 Å². The number of hydrogen-bond donors (Lipinski definition) is 5. The van der Waals surface area contributed by atoms with Crippen molar-refractivity contribution in [1.82, 2.24) is 9.97 Å². The Morgan fingerprint density at radius 3 is 2.29 bits per heavy atom. The van der Waals surface area contributed by atoms with E-state index in [1.165, 1.54) is 6.07 Å². The number of nitrogens with one attached hydrogen (secondary N) is 1. The van der Waals surface area contributed by atoms with E-state index in [1.807, 2.05) is 0 Å². The molecule has 12 heteroatoms. The monoisotopic (exact) mass is 281 g/mol. The number of anilines is 1. The lowest BCUT2D eigenvalue weighted by Crippen LogP contribution is -2.16. The Bertz CT molecular complexity index is 466. The zero-order valence-corrected chi connectivity index (χ0v) is 10.7. The summed E-state index contributed by atoms with van der Waals surface area (Å²) in [5.74, 6) is -0.274. The van der Waals surface area contributed by atoms with Gasteiger partial charge >= 0.3 is 7.67 Å². The van der Waals surface area contributed by atoms with E-state index in [4.69, 9.17) is 22.0 Å². The molecule has 0 fully saturated rings. The molecule has 0 aliphatic rings. The number of aryl methyl sites for hydroxylation is 1. The summed E-state index contributed by atoms with van der Waals surface area (Å²) in [4.78, 5) is 7.54. The highest BCUT2D eigenvalue weighted by Crippen LogP contribution is 2.31. The van der Waals surface area contributed by atoms with E-state index in [0.29, 0.717) is 5.69 Å². The van der Waals surface area contributed by atoms with Gasteiger partial charge in [-0.05, 0) is 6.92 Å². The Morgan fingerprint density at radius 2 is 1.82 bits per heavy atom. The van der Waals surface area contributed by atoms with Gasteiger partial charge in [0.1, 0.15) is 0 Å². The van der Waals surface area contributed by atoms with Gasteiger partial charge in [-0.25, -0.2) is 20.6 Å². The first-order chi connectivity index (χ1) is 7.55. The zero-order valence-electron chi connectivity index (χ0n) is 8.90. The SMILES string of the molecule is Cc1cc(OP(N)(N)=O)nc(NP(N)(N)=O)n1. The number of nitrogens with zero attached hydrogens (tertiary/aromatic N) is 2. The van der Waals surface area contributed by atoms with Gasteiger partial charge in [0.2, 0.25) is 11.8 Å². The van der Waals surface area contributed by atoms with Crippen molar-refractivity contribution in [2.24, 2.45) is 22.0 Å². The van der Waals surface area contributed by atoms with Crippen LogP contribution >= 0.6 is 15.3 Å². The summed E-state index contributed by atoms with van der Waals surface area (Å²) in [6.45, 7) is 1.59. The van der Waals surface area contributed by atoms with Crippen LogP contribution in [0.2, 0.25) is 0 Å². The smallest absolute Gasteiger partial charge is 0.386 e. The predicted octanol–water partition coefficient (Wildman–Crippen LogP) is -0.373. The van der Waals surface area contributed by atoms with E-state index < -0.39 is 15.3 Å². The van der Waals surface area contributed by atoms with Gasteiger partial charge in [0.25, 0.3) is 7.59 Å². The van der Waals surface area contributed by atoms with Gasteiger partial charge in [-0.15, -0.1) is 0 Å². The molecule has 96 valence electrons. The van der Waals surface area contributed by atoms with Crippen molar-refractivity contribution in [2.75, 3.05) is 5.09 Å². The van der Waals surface area contributed by atoms with Gasteiger partial charge < -0.3 is 4.52 Å². The molecule has 0 aliphatic heterocycles. The van der Waals surface area contributed by atoms with Crippen molar-refractivity contribution < 1.29 is 13.7 Å². The maximum absolute atomic E-state index is 11.1. The van der Waals surface area contributed by atoms with E-state index in [1.54, 1.807) is 6.92 Å². The van der Waals surface area contributed by atoms with E-state index in [-0.39, 0.29) is 11.8 Å². The van der Waals surface area contributed by atoms with Crippen LogP contribution < -0.4 is 31.6 Å². The molecule has 0 spiro atoms. The summed E-state index contributed by atoms with van der Waals surface area (Å²) in [6.07, 6.45) is 0. The second-order valence-electron chi connectivity index (χ2n) is 3.23. The molecule has 10 nitrogen and oxygen atoms in total. The van der Waals surface area contributed by atoms with Crippen molar-refractivity contribution >= 4 is 21.2 Å². The van der Waals surface area contributed by atoms with Gasteiger partial charge in [-0.3, -0.25) is 20.7 Å². The third-order valence-corrected chi connectivity index (χ3v) is 2.36. The van der Waals surface area contributed by atoms with Gasteiger partial charge in [0.05, 0.1) is 0 Å². The molecule has 0 aliphatic carbocycles. The van der Waals surface area contributed by atoms with Crippen LogP contribution in [0.3, 0.4) is 0 Å². The number of aromatic nitrogens is 2. The molecule has 0 saturated carbocycles. The molecular weight excluding hydrogens is 268 g/mol. The highest BCUT2D eigenvalue weighted by atomic mass is 31.2. The summed E-state index contributed by atoms with van der Waals surface area (Å²) in [5, 5.41) is 2.19. The van der Waals surface area contributed by atoms with Gasteiger partial charge in [-0.1, -0.05) is 0 Å². The van der Waals surface area contributed by atoms with Crippen LogP contribution in [0.4, 0.5) is 5.95 Å². The van der Waals surface area contributed by atoms with Crippen LogP contribution in [-0.2, 0) is 9.13 Å². The summed E-state index contributed by atoms with van der Waals surface area (Å²) in [7, 11) is -7.27. The fourth-order valence-corrected chi connectivity index (χ4v) is 1.74. The standard InChI is InChI=1S/C5H13N7O3P2/c1-3-2-4(15-17(8,9)14)11-5(10-3)12-16(6,7)13/h2H,1H3,(H4,8,9,14)(H5,6,7,10,11,12,13). The minimum absolute atomic E-state index is 0.137. The predicted molar refractivity (Wildman–Crippen MR) is 63.0 cm³/mol. The zero-order chi connectivity index (χ0) is 13.3. The van der Waals surface area contributed by atoms with Crippen LogP contribution in [0.15, 0.2) is 6.07 Å². The Balaban J connectivity index is 3.03. The third kappa shape index (κ3) is 5.73. The molecule has 1 aromatic rings. The Kier molecular flexibility index (Phi) is 3.88. The molecule has 1 heterocycles. The quantitative estimate of drug-likeness (QED) is 0.455. The number of hydrogen-bond acceptors (Lipinski definition) is 5. The first kappa shape index (κ1) is 14.0. The van der Waals surface area contributed by atoms with Crippen molar-refractivity contribution in [1.29, 1.82) is 0 Å². The highest BCUT2D eigenvalue weighted by molar-refractivity contribution is 7.60. The first-order valence-corrected chi connectivity index (χ1v) is 7.84. The van der Waals surface area contributed by atoms with Crippen molar-refractivity contribution in [3.8, 4) is 5.88 Å². The van der Waals surface area contributed by atoms with Crippen LogP contribution in [0, 0.1) is 6.92 Å². The fourth-order valence-electron chi connectivity index (χ4n) is 0.939. The molecule has 1 aromatic heterocycles. The fraction of sp³-hybridized carbons (Fsp3) is 0.200. The second-order valence-corrected chi connectivity index (χ2v) is 6.34. The topological polar surface area (TPSA) is 185 Å².